The lowest BCUT2D eigenvalue weighted by Crippen LogP contribution is -2.15. The highest BCUT2D eigenvalue weighted by atomic mass is 14.8. The van der Waals surface area contributed by atoms with Crippen molar-refractivity contribution in [3.63, 3.8) is 0 Å². The summed E-state index contributed by atoms with van der Waals surface area (Å²) >= 11 is 0. The molecule has 1 rings (SSSR count). The first-order chi connectivity index (χ1) is 6.84. The van der Waals surface area contributed by atoms with Crippen LogP contribution in [0.15, 0.2) is 11.6 Å². The van der Waals surface area contributed by atoms with Crippen molar-refractivity contribution in [2.24, 2.45) is 5.92 Å². The number of allylic oxidation sites excluding steroid dienone is 1. The topological polar surface area (TPSA) is 12.0 Å². The van der Waals surface area contributed by atoms with Crippen LogP contribution in [-0.4, -0.2) is 13.1 Å². The molecule has 1 nitrogen and oxygen atoms in total. The molecule has 82 valence electrons. The highest BCUT2D eigenvalue weighted by Gasteiger charge is 2.15. The van der Waals surface area contributed by atoms with Gasteiger partial charge in [0.05, 0.1) is 0 Å². The minimum absolute atomic E-state index is 0.918. The van der Waals surface area contributed by atoms with Crippen LogP contribution in [0.4, 0.5) is 0 Å². The summed E-state index contributed by atoms with van der Waals surface area (Å²) in [5, 5.41) is 3.44. The van der Waals surface area contributed by atoms with Gasteiger partial charge in [-0.25, -0.2) is 0 Å². The predicted molar refractivity (Wildman–Crippen MR) is 63.5 cm³/mol. The molecular formula is C13H25N. The third-order valence-electron chi connectivity index (χ3n) is 3.21. The van der Waals surface area contributed by atoms with E-state index in [1.54, 1.807) is 5.57 Å². The van der Waals surface area contributed by atoms with Crippen LogP contribution in [-0.2, 0) is 0 Å². The first kappa shape index (κ1) is 11.8. The zero-order chi connectivity index (χ0) is 10.2. The second-order valence-electron chi connectivity index (χ2n) is 4.47. The maximum Gasteiger partial charge on any atom is -0.00142 e. The normalized spacial score (nSPS) is 19.1. The van der Waals surface area contributed by atoms with Crippen molar-refractivity contribution < 1.29 is 0 Å². The molecule has 0 heterocycles. The molecule has 1 aliphatic carbocycles. The van der Waals surface area contributed by atoms with Crippen LogP contribution in [0.25, 0.3) is 0 Å². The van der Waals surface area contributed by atoms with Crippen molar-refractivity contribution in [1.82, 2.24) is 5.32 Å². The molecule has 14 heavy (non-hydrogen) atoms. The number of hydrogen-bond acceptors (Lipinski definition) is 1. The van der Waals surface area contributed by atoms with E-state index in [2.05, 4.69) is 25.2 Å². The third kappa shape index (κ3) is 4.28. The summed E-state index contributed by atoms with van der Waals surface area (Å²) < 4.78 is 0. The number of rotatable bonds is 6. The van der Waals surface area contributed by atoms with E-state index in [0.29, 0.717) is 0 Å². The minimum atomic E-state index is 0.918. The van der Waals surface area contributed by atoms with E-state index in [0.717, 1.165) is 19.0 Å². The van der Waals surface area contributed by atoms with Crippen LogP contribution >= 0.6 is 0 Å². The molecule has 0 atom stereocenters. The smallest absolute Gasteiger partial charge is 0.00142 e. The fraction of sp³-hybridized carbons (Fsp3) is 0.846. The summed E-state index contributed by atoms with van der Waals surface area (Å²) in [6.45, 7) is 6.84. The molecule has 0 saturated heterocycles. The Hall–Kier alpha value is -0.300. The van der Waals surface area contributed by atoms with Gasteiger partial charge in [0.1, 0.15) is 0 Å². The molecule has 0 aromatic carbocycles. The monoisotopic (exact) mass is 195 g/mol. The summed E-state index contributed by atoms with van der Waals surface area (Å²) in [5.41, 5.74) is 1.64. The number of nitrogens with one attached hydrogen (secondary N) is 1. The van der Waals surface area contributed by atoms with E-state index in [1.165, 1.54) is 38.5 Å². The Labute approximate surface area is 89.0 Å². The fourth-order valence-electron chi connectivity index (χ4n) is 2.25. The molecule has 1 heteroatoms. The van der Waals surface area contributed by atoms with Crippen molar-refractivity contribution in [3.05, 3.63) is 11.6 Å². The van der Waals surface area contributed by atoms with E-state index in [4.69, 9.17) is 0 Å². The molecular weight excluding hydrogens is 170 g/mol. The summed E-state index contributed by atoms with van der Waals surface area (Å²) in [5.74, 6) is 0.918. The Morgan fingerprint density at radius 3 is 2.64 bits per heavy atom. The van der Waals surface area contributed by atoms with Crippen molar-refractivity contribution in [3.8, 4) is 0 Å². The van der Waals surface area contributed by atoms with Gasteiger partial charge in [0, 0.05) is 0 Å². The van der Waals surface area contributed by atoms with Gasteiger partial charge in [-0.15, -0.1) is 0 Å². The molecule has 0 spiro atoms. The van der Waals surface area contributed by atoms with Crippen molar-refractivity contribution >= 4 is 0 Å². The van der Waals surface area contributed by atoms with E-state index >= 15 is 0 Å². The van der Waals surface area contributed by atoms with Gasteiger partial charge in [-0.3, -0.25) is 0 Å². The minimum Gasteiger partial charge on any atom is -0.316 e. The summed E-state index contributed by atoms with van der Waals surface area (Å²) in [7, 11) is 0. The van der Waals surface area contributed by atoms with Gasteiger partial charge in [0.15, 0.2) is 0 Å². The van der Waals surface area contributed by atoms with E-state index in [9.17, 15) is 0 Å². The Morgan fingerprint density at radius 2 is 2.00 bits per heavy atom. The zero-order valence-electron chi connectivity index (χ0n) is 9.81. The first-order valence-corrected chi connectivity index (χ1v) is 6.22. The summed E-state index contributed by atoms with van der Waals surface area (Å²) in [6, 6.07) is 0. The molecule has 0 radical (unpaired) electrons. The molecule has 1 fully saturated rings. The third-order valence-corrected chi connectivity index (χ3v) is 3.21. The number of hydrogen-bond donors (Lipinski definition) is 1. The maximum absolute atomic E-state index is 3.44. The summed E-state index contributed by atoms with van der Waals surface area (Å²) in [6.07, 6.45) is 10.7. The van der Waals surface area contributed by atoms with Crippen molar-refractivity contribution in [2.75, 3.05) is 13.1 Å². The molecule has 0 bridgehead atoms. The van der Waals surface area contributed by atoms with Crippen LogP contribution in [0.1, 0.15) is 52.4 Å². The van der Waals surface area contributed by atoms with E-state index in [-0.39, 0.29) is 0 Å². The molecule has 0 unspecified atom stereocenters. The van der Waals surface area contributed by atoms with Gasteiger partial charge in [-0.1, -0.05) is 31.4 Å². The summed E-state index contributed by atoms with van der Waals surface area (Å²) in [4.78, 5) is 0. The first-order valence-electron chi connectivity index (χ1n) is 6.22. The molecule has 1 N–H and O–H groups in total. The van der Waals surface area contributed by atoms with Crippen LogP contribution < -0.4 is 5.32 Å². The van der Waals surface area contributed by atoms with Crippen LogP contribution in [0.5, 0.6) is 0 Å². The maximum atomic E-state index is 3.44. The SMILES string of the molecule is CCCNCCC=C(C)C1CCCC1. The Kier molecular flexibility index (Phi) is 5.93. The molecule has 0 amide bonds. The van der Waals surface area contributed by atoms with Gasteiger partial charge in [0.25, 0.3) is 0 Å². The molecule has 1 aliphatic rings. The average molecular weight is 195 g/mol. The van der Waals surface area contributed by atoms with Crippen LogP contribution in [0.3, 0.4) is 0 Å². The lowest BCUT2D eigenvalue weighted by molar-refractivity contribution is 0.631. The molecule has 0 aromatic heterocycles. The van der Waals surface area contributed by atoms with Crippen molar-refractivity contribution in [2.45, 2.75) is 52.4 Å². The second kappa shape index (κ2) is 7.05. The predicted octanol–water partition coefficient (Wildman–Crippen LogP) is 3.51. The standard InChI is InChI=1S/C13H25N/c1-3-10-14-11-6-7-12(2)13-8-4-5-9-13/h7,13-14H,3-6,8-11H2,1-2H3. The molecule has 0 aliphatic heterocycles. The Morgan fingerprint density at radius 1 is 1.29 bits per heavy atom. The van der Waals surface area contributed by atoms with Gasteiger partial charge >= 0.3 is 0 Å². The van der Waals surface area contributed by atoms with Gasteiger partial charge in [-0.05, 0) is 51.6 Å². The highest BCUT2D eigenvalue weighted by Crippen LogP contribution is 2.30. The quantitative estimate of drug-likeness (QED) is 0.505. The average Bonchev–Trinajstić information content (AvgIpc) is 2.70. The largest absolute Gasteiger partial charge is 0.316 e. The second-order valence-corrected chi connectivity index (χ2v) is 4.47. The van der Waals surface area contributed by atoms with Gasteiger partial charge in [-0.2, -0.15) is 0 Å². The lowest BCUT2D eigenvalue weighted by Gasteiger charge is -2.09. The van der Waals surface area contributed by atoms with E-state index in [1.807, 2.05) is 0 Å². The Bertz CT molecular complexity index is 166. The highest BCUT2D eigenvalue weighted by molar-refractivity contribution is 5.05. The molecule has 0 aromatic rings. The van der Waals surface area contributed by atoms with E-state index < -0.39 is 0 Å². The molecule has 1 saturated carbocycles. The van der Waals surface area contributed by atoms with Crippen molar-refractivity contribution in [1.29, 1.82) is 0 Å². The van der Waals surface area contributed by atoms with Crippen LogP contribution in [0.2, 0.25) is 0 Å². The van der Waals surface area contributed by atoms with Gasteiger partial charge in [0.2, 0.25) is 0 Å². The lowest BCUT2D eigenvalue weighted by atomic mass is 9.98. The Balaban J connectivity index is 2.09. The van der Waals surface area contributed by atoms with Gasteiger partial charge < -0.3 is 5.32 Å². The zero-order valence-corrected chi connectivity index (χ0v) is 9.81. The fourth-order valence-corrected chi connectivity index (χ4v) is 2.25. The van der Waals surface area contributed by atoms with Crippen LogP contribution in [0, 0.1) is 5.92 Å².